The first-order valence-electron chi connectivity index (χ1n) is 12.7. The van der Waals surface area contributed by atoms with Gasteiger partial charge in [0.2, 0.25) is 0 Å². The Morgan fingerprint density at radius 3 is 2.69 bits per heavy atom. The molecule has 0 atom stereocenters. The fourth-order valence-corrected chi connectivity index (χ4v) is 4.74. The summed E-state index contributed by atoms with van der Waals surface area (Å²) in [5.74, 6) is 3.37. The number of aromatic nitrogens is 2. The van der Waals surface area contributed by atoms with Gasteiger partial charge in [0.15, 0.2) is 5.84 Å². The third kappa shape index (κ3) is 5.51. The molecule has 2 aliphatic heterocycles. The SMILES string of the molecule is CC(=N)/N=C(\NC(C)C)c1cn2c(n1)-c1ccc(OC3(CN4CCN(C)CC4)CC3)cc1OCC2. The van der Waals surface area contributed by atoms with Crippen molar-refractivity contribution >= 4 is 11.7 Å². The lowest BCUT2D eigenvalue weighted by atomic mass is 10.1. The van der Waals surface area contributed by atoms with Crippen LogP contribution in [0.1, 0.15) is 39.3 Å². The Morgan fingerprint density at radius 2 is 2.00 bits per heavy atom. The Kier molecular flexibility index (Phi) is 6.55. The van der Waals surface area contributed by atoms with Crippen molar-refractivity contribution in [1.29, 1.82) is 5.41 Å². The first-order valence-corrected chi connectivity index (χ1v) is 12.7. The van der Waals surface area contributed by atoms with Gasteiger partial charge in [0.25, 0.3) is 0 Å². The van der Waals surface area contributed by atoms with E-state index in [2.05, 4.69) is 51.6 Å². The summed E-state index contributed by atoms with van der Waals surface area (Å²) in [6, 6.07) is 6.30. The van der Waals surface area contributed by atoms with E-state index in [9.17, 15) is 0 Å². The number of hydrogen-bond donors (Lipinski definition) is 2. The lowest BCUT2D eigenvalue weighted by Gasteiger charge is -2.34. The molecule has 0 bridgehead atoms. The molecule has 188 valence electrons. The van der Waals surface area contributed by atoms with E-state index in [1.165, 1.54) is 0 Å². The summed E-state index contributed by atoms with van der Waals surface area (Å²) in [6.45, 7) is 12.5. The first-order chi connectivity index (χ1) is 16.8. The number of amidine groups is 2. The van der Waals surface area contributed by atoms with Gasteiger partial charge in [-0.25, -0.2) is 9.98 Å². The topological polar surface area (TPSA) is 91.0 Å². The van der Waals surface area contributed by atoms with E-state index in [1.54, 1.807) is 6.92 Å². The van der Waals surface area contributed by atoms with Gasteiger partial charge in [0.1, 0.15) is 41.1 Å². The number of likely N-dealkylation sites (N-methyl/N-ethyl adjacent to an activating group) is 1. The molecule has 1 aromatic carbocycles. The highest BCUT2D eigenvalue weighted by Gasteiger charge is 2.47. The van der Waals surface area contributed by atoms with Crippen molar-refractivity contribution in [2.45, 2.75) is 51.8 Å². The number of nitrogens with zero attached hydrogens (tertiary/aromatic N) is 5. The molecule has 3 heterocycles. The molecule has 0 unspecified atom stereocenters. The van der Waals surface area contributed by atoms with E-state index in [-0.39, 0.29) is 17.5 Å². The Bertz CT molecular complexity index is 1110. The molecule has 9 heteroatoms. The average Bonchev–Trinajstić information content (AvgIpc) is 3.46. The van der Waals surface area contributed by atoms with Crippen molar-refractivity contribution < 1.29 is 9.47 Å². The van der Waals surface area contributed by atoms with Crippen molar-refractivity contribution in [2.24, 2.45) is 4.99 Å². The second kappa shape index (κ2) is 9.62. The minimum Gasteiger partial charge on any atom is -0.491 e. The Labute approximate surface area is 207 Å². The summed E-state index contributed by atoms with van der Waals surface area (Å²) < 4.78 is 14.8. The van der Waals surface area contributed by atoms with Crippen LogP contribution in [0.3, 0.4) is 0 Å². The Hall–Kier alpha value is -2.91. The zero-order chi connectivity index (χ0) is 24.6. The average molecular weight is 480 g/mol. The fraction of sp³-hybridized carbons (Fsp3) is 0.577. The van der Waals surface area contributed by atoms with Crippen LogP contribution < -0.4 is 14.8 Å². The quantitative estimate of drug-likeness (QED) is 0.489. The van der Waals surface area contributed by atoms with E-state index in [4.69, 9.17) is 19.9 Å². The maximum atomic E-state index is 7.82. The van der Waals surface area contributed by atoms with E-state index in [0.29, 0.717) is 19.0 Å². The number of fused-ring (bicyclic) bond motifs is 3. The minimum absolute atomic E-state index is 0.0704. The molecule has 3 aliphatic rings. The fourth-order valence-electron chi connectivity index (χ4n) is 4.74. The van der Waals surface area contributed by atoms with Crippen LogP contribution >= 0.6 is 0 Å². The van der Waals surface area contributed by atoms with Gasteiger partial charge in [0, 0.05) is 51.0 Å². The van der Waals surface area contributed by atoms with Gasteiger partial charge in [0.05, 0.1) is 12.1 Å². The molecule has 1 saturated heterocycles. The third-order valence-corrected chi connectivity index (χ3v) is 6.76. The molecule has 2 N–H and O–H groups in total. The number of aliphatic imine (C=N–C) groups is 1. The van der Waals surface area contributed by atoms with Crippen molar-refractivity contribution in [3.05, 3.63) is 30.1 Å². The molecule has 1 saturated carbocycles. The largest absolute Gasteiger partial charge is 0.491 e. The summed E-state index contributed by atoms with van der Waals surface area (Å²) in [5, 5.41) is 11.2. The Balaban J connectivity index is 1.36. The number of rotatable bonds is 6. The first kappa shape index (κ1) is 23.8. The van der Waals surface area contributed by atoms with Crippen LogP contribution in [0.5, 0.6) is 11.5 Å². The van der Waals surface area contributed by atoms with Crippen LogP contribution in [-0.2, 0) is 6.54 Å². The standard InChI is InChI=1S/C26H37N7O2/c1-18(2)28-24(29-19(3)27)22-16-33-13-14-34-23-15-20(5-6-21(23)25(33)30-22)35-26(7-8-26)17-32-11-9-31(4)10-12-32/h5-6,15-16,18H,7-14,17H2,1-4H3,(H2,27,28,29). The highest BCUT2D eigenvalue weighted by molar-refractivity contribution is 6.04. The van der Waals surface area contributed by atoms with Crippen LogP contribution in [0.25, 0.3) is 11.4 Å². The smallest absolute Gasteiger partial charge is 0.155 e. The maximum absolute atomic E-state index is 7.82. The van der Waals surface area contributed by atoms with Crippen LogP contribution in [0.15, 0.2) is 29.4 Å². The van der Waals surface area contributed by atoms with Gasteiger partial charge in [-0.2, -0.15) is 0 Å². The van der Waals surface area contributed by atoms with Gasteiger partial charge in [-0.05, 0) is 52.8 Å². The van der Waals surface area contributed by atoms with Gasteiger partial charge >= 0.3 is 0 Å². The van der Waals surface area contributed by atoms with Crippen molar-refractivity contribution in [2.75, 3.05) is 46.4 Å². The van der Waals surface area contributed by atoms with Crippen molar-refractivity contribution in [1.82, 2.24) is 24.7 Å². The van der Waals surface area contributed by atoms with Gasteiger partial charge < -0.3 is 24.3 Å². The van der Waals surface area contributed by atoms with Crippen molar-refractivity contribution in [3.63, 3.8) is 0 Å². The predicted molar refractivity (Wildman–Crippen MR) is 138 cm³/mol. The monoisotopic (exact) mass is 479 g/mol. The molecule has 0 amide bonds. The minimum atomic E-state index is -0.0704. The summed E-state index contributed by atoms with van der Waals surface area (Å²) in [4.78, 5) is 14.2. The van der Waals surface area contributed by atoms with Gasteiger partial charge in [-0.3, -0.25) is 10.3 Å². The summed E-state index contributed by atoms with van der Waals surface area (Å²) >= 11 is 0. The molecule has 9 nitrogen and oxygen atoms in total. The second-order valence-corrected chi connectivity index (χ2v) is 10.4. The number of piperazine rings is 1. The summed E-state index contributed by atoms with van der Waals surface area (Å²) in [7, 11) is 2.19. The van der Waals surface area contributed by atoms with E-state index >= 15 is 0 Å². The molecule has 0 radical (unpaired) electrons. The zero-order valence-corrected chi connectivity index (χ0v) is 21.3. The van der Waals surface area contributed by atoms with Crippen LogP contribution in [0, 0.1) is 5.41 Å². The van der Waals surface area contributed by atoms with E-state index in [0.717, 1.165) is 74.1 Å². The second-order valence-electron chi connectivity index (χ2n) is 10.4. The number of hydrogen-bond acceptors (Lipinski definition) is 6. The van der Waals surface area contributed by atoms with Gasteiger partial charge in [-0.1, -0.05) is 0 Å². The predicted octanol–water partition coefficient (Wildman–Crippen LogP) is 2.84. The van der Waals surface area contributed by atoms with Crippen molar-refractivity contribution in [3.8, 4) is 22.9 Å². The third-order valence-electron chi connectivity index (χ3n) is 6.76. The van der Waals surface area contributed by atoms with E-state index in [1.807, 2.05) is 18.3 Å². The molecule has 5 rings (SSSR count). The lowest BCUT2D eigenvalue weighted by Crippen LogP contribution is -2.48. The van der Waals surface area contributed by atoms with Gasteiger partial charge in [-0.15, -0.1) is 0 Å². The highest BCUT2D eigenvalue weighted by atomic mass is 16.5. The normalized spacial score (nSPS) is 20.0. The number of benzene rings is 1. The number of imidazole rings is 1. The van der Waals surface area contributed by atoms with Crippen LogP contribution in [-0.4, -0.2) is 89.0 Å². The molecule has 2 aromatic rings. The zero-order valence-electron chi connectivity index (χ0n) is 21.3. The molecular weight excluding hydrogens is 442 g/mol. The highest BCUT2D eigenvalue weighted by Crippen LogP contribution is 2.43. The summed E-state index contributed by atoms with van der Waals surface area (Å²) in [5.41, 5.74) is 1.61. The molecule has 1 aromatic heterocycles. The van der Waals surface area contributed by atoms with Crippen LogP contribution in [0.2, 0.25) is 0 Å². The summed E-state index contributed by atoms with van der Waals surface area (Å²) in [6.07, 6.45) is 4.19. The molecule has 2 fully saturated rings. The lowest BCUT2D eigenvalue weighted by molar-refractivity contribution is 0.0801. The molecule has 35 heavy (non-hydrogen) atoms. The molecule has 0 spiro atoms. The Morgan fingerprint density at radius 1 is 1.23 bits per heavy atom. The number of ether oxygens (including phenoxy) is 2. The maximum Gasteiger partial charge on any atom is 0.155 e. The molecular formula is C26H37N7O2. The number of nitrogens with one attached hydrogen (secondary N) is 2. The molecule has 1 aliphatic carbocycles. The van der Waals surface area contributed by atoms with Crippen LogP contribution in [0.4, 0.5) is 0 Å². The van der Waals surface area contributed by atoms with E-state index < -0.39 is 0 Å².